The fraction of sp³-hybridized carbons (Fsp3) is 0.923. The van der Waals surface area contributed by atoms with Gasteiger partial charge in [0, 0.05) is 18.5 Å². The molecule has 0 aromatic heterocycles. The molecule has 1 spiro atoms. The Hall–Kier alpha value is -0.840. The van der Waals surface area contributed by atoms with Crippen LogP contribution in [0.25, 0.3) is 0 Å². The van der Waals surface area contributed by atoms with Gasteiger partial charge in [0.1, 0.15) is 11.3 Å². The molecule has 0 aromatic rings. The number of ether oxygens (including phenoxy) is 1. The zero-order valence-electron chi connectivity index (χ0n) is 11.4. The van der Waals surface area contributed by atoms with Gasteiger partial charge in [-0.05, 0) is 33.6 Å². The molecular formula is C13H23FN2O2. The van der Waals surface area contributed by atoms with Crippen molar-refractivity contribution < 1.29 is 13.9 Å². The van der Waals surface area contributed by atoms with Gasteiger partial charge >= 0.3 is 6.09 Å². The van der Waals surface area contributed by atoms with Crippen LogP contribution < -0.4 is 10.6 Å². The van der Waals surface area contributed by atoms with E-state index in [0.717, 1.165) is 25.8 Å². The van der Waals surface area contributed by atoms with Crippen molar-refractivity contribution >= 4 is 6.09 Å². The molecule has 18 heavy (non-hydrogen) atoms. The Balaban J connectivity index is 1.88. The predicted octanol–water partition coefficient (Wildman–Crippen LogP) is 1.99. The summed E-state index contributed by atoms with van der Waals surface area (Å²) in [6.45, 7) is 6.46. The van der Waals surface area contributed by atoms with Crippen LogP contribution in [0.1, 0.15) is 40.0 Å². The minimum Gasteiger partial charge on any atom is -0.444 e. The molecule has 1 aliphatic heterocycles. The lowest BCUT2D eigenvalue weighted by atomic mass is 9.61. The van der Waals surface area contributed by atoms with Gasteiger partial charge in [0.2, 0.25) is 0 Å². The number of alkyl halides is 1. The lowest BCUT2D eigenvalue weighted by molar-refractivity contribution is -0.0251. The molecule has 0 bridgehead atoms. The second-order valence-corrected chi connectivity index (χ2v) is 6.56. The molecule has 0 aromatic carbocycles. The van der Waals surface area contributed by atoms with E-state index < -0.39 is 17.4 Å². The third kappa shape index (κ3) is 2.46. The first-order chi connectivity index (χ1) is 8.27. The number of nitrogens with one attached hydrogen (secondary N) is 2. The van der Waals surface area contributed by atoms with E-state index in [1.807, 2.05) is 0 Å². The van der Waals surface area contributed by atoms with Crippen molar-refractivity contribution in [2.24, 2.45) is 5.41 Å². The number of amides is 1. The first kappa shape index (κ1) is 13.6. The monoisotopic (exact) mass is 258 g/mol. The second kappa shape index (κ2) is 4.37. The van der Waals surface area contributed by atoms with E-state index in [2.05, 4.69) is 10.6 Å². The van der Waals surface area contributed by atoms with Gasteiger partial charge in [-0.3, -0.25) is 0 Å². The van der Waals surface area contributed by atoms with Crippen LogP contribution in [0.2, 0.25) is 0 Å². The molecule has 2 aliphatic rings. The maximum atomic E-state index is 14.9. The number of rotatable bonds is 2. The summed E-state index contributed by atoms with van der Waals surface area (Å²) < 4.78 is 20.0. The maximum Gasteiger partial charge on any atom is 0.407 e. The molecule has 1 saturated carbocycles. The SMILES string of the molecule is CC(C)(C)OC(=O)NCC1(F)CNCC12CCC2. The molecule has 0 radical (unpaired) electrons. The highest BCUT2D eigenvalue weighted by Gasteiger charge is 2.58. The quantitative estimate of drug-likeness (QED) is 0.796. The van der Waals surface area contributed by atoms with Gasteiger partial charge in [-0.25, -0.2) is 9.18 Å². The molecule has 4 nitrogen and oxygen atoms in total. The molecule has 5 heteroatoms. The minimum atomic E-state index is -1.33. The van der Waals surface area contributed by atoms with Crippen LogP contribution in [-0.2, 0) is 4.74 Å². The topological polar surface area (TPSA) is 50.4 Å². The normalized spacial score (nSPS) is 30.0. The van der Waals surface area contributed by atoms with Crippen molar-refractivity contribution in [1.29, 1.82) is 0 Å². The maximum absolute atomic E-state index is 14.9. The molecule has 1 unspecified atom stereocenters. The lowest BCUT2D eigenvalue weighted by Crippen LogP contribution is -2.55. The minimum absolute atomic E-state index is 0.0366. The summed E-state index contributed by atoms with van der Waals surface area (Å²) in [5.41, 5.74) is -2.14. The van der Waals surface area contributed by atoms with E-state index in [1.54, 1.807) is 20.8 Å². The average molecular weight is 258 g/mol. The van der Waals surface area contributed by atoms with E-state index in [9.17, 15) is 9.18 Å². The smallest absolute Gasteiger partial charge is 0.407 e. The second-order valence-electron chi connectivity index (χ2n) is 6.56. The van der Waals surface area contributed by atoms with E-state index in [4.69, 9.17) is 4.74 Å². The van der Waals surface area contributed by atoms with Crippen molar-refractivity contribution in [2.45, 2.75) is 51.3 Å². The largest absolute Gasteiger partial charge is 0.444 e. The van der Waals surface area contributed by atoms with Crippen LogP contribution in [0.4, 0.5) is 9.18 Å². The molecule has 2 fully saturated rings. The molecule has 1 saturated heterocycles. The molecule has 1 heterocycles. The Labute approximate surface area is 108 Å². The fourth-order valence-electron chi connectivity index (χ4n) is 2.85. The Kier molecular flexibility index (Phi) is 3.30. The van der Waals surface area contributed by atoms with Crippen molar-refractivity contribution in [1.82, 2.24) is 10.6 Å². The molecule has 1 atom stereocenters. The van der Waals surface area contributed by atoms with Crippen LogP contribution in [0, 0.1) is 5.41 Å². The summed E-state index contributed by atoms with van der Waals surface area (Å²) in [7, 11) is 0. The van der Waals surface area contributed by atoms with E-state index in [1.165, 1.54) is 0 Å². The molecule has 2 N–H and O–H groups in total. The zero-order chi connectivity index (χ0) is 13.4. The van der Waals surface area contributed by atoms with Crippen LogP contribution in [0.15, 0.2) is 0 Å². The number of hydrogen-bond acceptors (Lipinski definition) is 3. The predicted molar refractivity (Wildman–Crippen MR) is 67.2 cm³/mol. The van der Waals surface area contributed by atoms with Gasteiger partial charge < -0.3 is 15.4 Å². The van der Waals surface area contributed by atoms with Crippen molar-refractivity contribution in [2.75, 3.05) is 19.6 Å². The van der Waals surface area contributed by atoms with E-state index in [0.29, 0.717) is 6.54 Å². The van der Waals surface area contributed by atoms with Crippen molar-refractivity contribution in [3.63, 3.8) is 0 Å². The van der Waals surface area contributed by atoms with Crippen LogP contribution in [0.5, 0.6) is 0 Å². The Bertz CT molecular complexity index is 336. The lowest BCUT2D eigenvalue weighted by Gasteiger charge is -2.46. The average Bonchev–Trinajstić information content (AvgIpc) is 2.50. The first-order valence-corrected chi connectivity index (χ1v) is 6.63. The Morgan fingerprint density at radius 2 is 2.06 bits per heavy atom. The summed E-state index contributed by atoms with van der Waals surface area (Å²) in [6, 6.07) is 0. The summed E-state index contributed by atoms with van der Waals surface area (Å²) in [4.78, 5) is 11.6. The highest BCUT2D eigenvalue weighted by molar-refractivity contribution is 5.67. The summed E-state index contributed by atoms with van der Waals surface area (Å²) in [6.07, 6.45) is 2.36. The van der Waals surface area contributed by atoms with Gasteiger partial charge in [-0.1, -0.05) is 6.42 Å². The third-order valence-corrected chi connectivity index (χ3v) is 4.04. The van der Waals surface area contributed by atoms with E-state index in [-0.39, 0.29) is 12.0 Å². The highest BCUT2D eigenvalue weighted by atomic mass is 19.1. The summed E-state index contributed by atoms with van der Waals surface area (Å²) in [5.74, 6) is 0. The summed E-state index contributed by atoms with van der Waals surface area (Å²) in [5, 5.41) is 5.68. The van der Waals surface area contributed by atoms with Crippen molar-refractivity contribution in [3.8, 4) is 0 Å². The number of alkyl carbamates (subject to hydrolysis) is 1. The number of carbonyl (C=O) groups excluding carboxylic acids is 1. The Morgan fingerprint density at radius 1 is 1.39 bits per heavy atom. The van der Waals surface area contributed by atoms with Crippen LogP contribution in [0.3, 0.4) is 0 Å². The number of hydrogen-bond donors (Lipinski definition) is 2. The molecule has 2 rings (SSSR count). The van der Waals surface area contributed by atoms with Gasteiger partial charge in [0.25, 0.3) is 0 Å². The first-order valence-electron chi connectivity index (χ1n) is 6.63. The van der Waals surface area contributed by atoms with Crippen LogP contribution in [-0.4, -0.2) is 37.0 Å². The van der Waals surface area contributed by atoms with Gasteiger partial charge in [0.15, 0.2) is 0 Å². The molecular weight excluding hydrogens is 235 g/mol. The number of halogens is 1. The zero-order valence-corrected chi connectivity index (χ0v) is 11.4. The van der Waals surface area contributed by atoms with Gasteiger partial charge in [-0.15, -0.1) is 0 Å². The fourth-order valence-corrected chi connectivity index (χ4v) is 2.85. The van der Waals surface area contributed by atoms with Gasteiger partial charge in [-0.2, -0.15) is 0 Å². The number of carbonyl (C=O) groups is 1. The highest BCUT2D eigenvalue weighted by Crippen LogP contribution is 2.52. The van der Waals surface area contributed by atoms with Gasteiger partial charge in [0.05, 0.1) is 6.54 Å². The van der Waals surface area contributed by atoms with Crippen molar-refractivity contribution in [3.05, 3.63) is 0 Å². The van der Waals surface area contributed by atoms with E-state index >= 15 is 0 Å². The Morgan fingerprint density at radius 3 is 2.56 bits per heavy atom. The molecule has 1 aliphatic carbocycles. The molecule has 104 valence electrons. The summed E-state index contributed by atoms with van der Waals surface area (Å²) >= 11 is 0. The molecule has 1 amide bonds. The van der Waals surface area contributed by atoms with Crippen LogP contribution >= 0.6 is 0 Å². The standard InChI is InChI=1S/C13H23FN2O2/c1-11(2,3)18-10(17)16-9-13(14)8-15-7-12(13)5-4-6-12/h15H,4-9H2,1-3H3,(H,16,17). The third-order valence-electron chi connectivity index (χ3n) is 4.04.